The van der Waals surface area contributed by atoms with E-state index in [4.69, 9.17) is 23.9 Å². The Bertz CT molecular complexity index is 1190. The summed E-state index contributed by atoms with van der Waals surface area (Å²) < 4.78 is 18.2. The molecule has 1 saturated heterocycles. The van der Waals surface area contributed by atoms with Crippen LogP contribution in [0.4, 0.5) is 5.82 Å². The first kappa shape index (κ1) is 27.1. The van der Waals surface area contributed by atoms with Crippen LogP contribution in [0, 0.1) is 0 Å². The van der Waals surface area contributed by atoms with E-state index in [1.807, 2.05) is 77.6 Å². The van der Waals surface area contributed by atoms with Crippen molar-refractivity contribution in [3.8, 4) is 0 Å². The van der Waals surface area contributed by atoms with E-state index in [9.17, 15) is 9.59 Å². The lowest BCUT2D eigenvalue weighted by Gasteiger charge is -2.32. The van der Waals surface area contributed by atoms with Crippen molar-refractivity contribution in [1.82, 2.24) is 10.5 Å². The molecule has 10 heteroatoms. The molecule has 37 heavy (non-hydrogen) atoms. The Labute approximate surface area is 218 Å². The summed E-state index contributed by atoms with van der Waals surface area (Å²) in [6.07, 6.45) is 0.721. The van der Waals surface area contributed by atoms with E-state index in [0.29, 0.717) is 29.9 Å². The minimum absolute atomic E-state index is 0.152. The molecule has 1 fully saturated rings. The smallest absolute Gasteiger partial charge is 0.455 e. The minimum Gasteiger partial charge on any atom is -0.455 e. The highest BCUT2D eigenvalue weighted by molar-refractivity contribution is 6.63. The summed E-state index contributed by atoms with van der Waals surface area (Å²) in [6, 6.07) is 9.31. The molecule has 4 rings (SSSR count). The Hall–Kier alpha value is -2.95. The van der Waals surface area contributed by atoms with Crippen LogP contribution in [0.3, 0.4) is 0 Å². The molecule has 1 aromatic heterocycles. The summed E-state index contributed by atoms with van der Waals surface area (Å²) in [7, 11) is 0.780. The molecular formula is C27H36BN3O6. The van der Waals surface area contributed by atoms with Crippen molar-refractivity contribution in [2.24, 2.45) is 0 Å². The highest BCUT2D eigenvalue weighted by Gasteiger charge is 2.53. The van der Waals surface area contributed by atoms with E-state index in [0.717, 1.165) is 17.5 Å². The summed E-state index contributed by atoms with van der Waals surface area (Å²) in [4.78, 5) is 37.7. The Morgan fingerprint density at radius 1 is 1.05 bits per heavy atom. The lowest BCUT2D eigenvalue weighted by molar-refractivity contribution is 0.00578. The third-order valence-corrected chi connectivity index (χ3v) is 7.02. The van der Waals surface area contributed by atoms with Gasteiger partial charge in [0.05, 0.1) is 16.8 Å². The maximum absolute atomic E-state index is 13.3. The van der Waals surface area contributed by atoms with Gasteiger partial charge in [-0.15, -0.1) is 0 Å². The fraction of sp³-hybridized carbons (Fsp3) is 0.519. The number of aromatic nitrogens is 1. The van der Waals surface area contributed by atoms with E-state index in [2.05, 4.69) is 5.48 Å². The topological polar surface area (TPSA) is 99.2 Å². The summed E-state index contributed by atoms with van der Waals surface area (Å²) in [5.74, 6) is -0.391. The zero-order valence-electron chi connectivity index (χ0n) is 22.9. The molecule has 0 radical (unpaired) electrons. The summed E-state index contributed by atoms with van der Waals surface area (Å²) >= 11 is 0. The highest BCUT2D eigenvalue weighted by atomic mass is 16.7. The molecule has 3 heterocycles. The highest BCUT2D eigenvalue weighted by Crippen LogP contribution is 2.37. The number of benzene rings is 1. The first-order valence-electron chi connectivity index (χ1n) is 12.6. The predicted molar refractivity (Wildman–Crippen MR) is 141 cm³/mol. The number of anilines is 1. The molecule has 0 spiro atoms. The number of nitrogens with zero attached hydrogens (tertiary/aromatic N) is 2. The molecule has 0 unspecified atom stereocenters. The van der Waals surface area contributed by atoms with E-state index >= 15 is 0 Å². The number of nitrogens with one attached hydrogen (secondary N) is 1. The molecule has 0 bridgehead atoms. The zero-order valence-corrected chi connectivity index (χ0v) is 22.9. The van der Waals surface area contributed by atoms with Gasteiger partial charge < -0.3 is 23.8 Å². The van der Waals surface area contributed by atoms with Gasteiger partial charge in [-0.3, -0.25) is 0 Å². The monoisotopic (exact) mass is 509 g/mol. The molecule has 0 atom stereocenters. The molecule has 198 valence electrons. The summed E-state index contributed by atoms with van der Waals surface area (Å²) in [6.45, 7) is 14.4. The van der Waals surface area contributed by atoms with Crippen LogP contribution in [-0.2, 0) is 31.8 Å². The van der Waals surface area contributed by atoms with Crippen LogP contribution < -0.4 is 15.8 Å². The van der Waals surface area contributed by atoms with Gasteiger partial charge in [0, 0.05) is 25.6 Å². The van der Waals surface area contributed by atoms with Crippen molar-refractivity contribution < 1.29 is 28.5 Å². The van der Waals surface area contributed by atoms with Gasteiger partial charge in [-0.05, 0) is 78.1 Å². The van der Waals surface area contributed by atoms with Gasteiger partial charge in [-0.1, -0.05) is 18.2 Å². The Morgan fingerprint density at radius 3 is 2.35 bits per heavy atom. The van der Waals surface area contributed by atoms with Crippen LogP contribution >= 0.6 is 0 Å². The van der Waals surface area contributed by atoms with Crippen LogP contribution in [0.15, 0.2) is 30.3 Å². The number of pyridine rings is 1. The number of hydrogen-bond acceptors (Lipinski definition) is 9. The fourth-order valence-corrected chi connectivity index (χ4v) is 4.40. The number of carbonyl (C=O) groups is 2. The van der Waals surface area contributed by atoms with Gasteiger partial charge in [0.1, 0.15) is 11.4 Å². The molecule has 9 nitrogen and oxygen atoms in total. The molecule has 2 aliphatic heterocycles. The third kappa shape index (κ3) is 5.51. The molecule has 2 aliphatic rings. The number of hydroxylamine groups is 1. The van der Waals surface area contributed by atoms with Gasteiger partial charge in [0.2, 0.25) is 0 Å². The average Bonchev–Trinajstić information content (AvgIpc) is 3.03. The summed E-state index contributed by atoms with van der Waals surface area (Å²) in [5.41, 5.74) is 3.74. The maximum Gasteiger partial charge on any atom is 0.497 e. The van der Waals surface area contributed by atoms with Crippen LogP contribution in [0.5, 0.6) is 0 Å². The van der Waals surface area contributed by atoms with Crippen molar-refractivity contribution in [2.75, 3.05) is 18.5 Å². The number of carbonyl (C=O) groups excluding carboxylic acids is 2. The quantitative estimate of drug-likeness (QED) is 0.370. The second-order valence-electron chi connectivity index (χ2n) is 11.4. The number of rotatable bonds is 5. The second kappa shape index (κ2) is 9.74. The Balaban J connectivity index is 1.71. The van der Waals surface area contributed by atoms with Crippen LogP contribution in [-0.4, -0.2) is 54.4 Å². The Morgan fingerprint density at radius 2 is 1.73 bits per heavy atom. The van der Waals surface area contributed by atoms with Crippen LogP contribution in [0.2, 0.25) is 0 Å². The molecular weight excluding hydrogens is 473 g/mol. The normalized spacial score (nSPS) is 18.4. The number of hydrogen-bond donors (Lipinski definition) is 1. The van der Waals surface area contributed by atoms with Crippen LogP contribution in [0.25, 0.3) is 0 Å². The zero-order chi connectivity index (χ0) is 27.2. The second-order valence-corrected chi connectivity index (χ2v) is 11.4. The van der Waals surface area contributed by atoms with Gasteiger partial charge >= 0.3 is 19.1 Å². The third-order valence-electron chi connectivity index (χ3n) is 7.02. The standard InChI is InChI=1S/C27H36BN3O6/c1-25(2,3)34-24(33)22-20(28-36-26(4,5)27(6,7)37-28)12-13-21(30-22)31-15-14-17-10-9-11-18(19(17)16-31)23(32)35-29-8/h9-13,29H,14-16H2,1-8H3. The van der Waals surface area contributed by atoms with Gasteiger partial charge in [-0.2, -0.15) is 5.48 Å². The molecule has 0 aliphatic carbocycles. The van der Waals surface area contributed by atoms with Crippen LogP contribution in [0.1, 0.15) is 80.4 Å². The minimum atomic E-state index is -0.765. The van der Waals surface area contributed by atoms with Crippen molar-refractivity contribution in [3.05, 3.63) is 52.7 Å². The lowest BCUT2D eigenvalue weighted by Crippen LogP contribution is -2.41. The first-order chi connectivity index (χ1) is 17.2. The molecule has 1 aromatic carbocycles. The summed E-state index contributed by atoms with van der Waals surface area (Å²) in [5, 5.41) is 0. The predicted octanol–water partition coefficient (Wildman–Crippen LogP) is 3.19. The number of fused-ring (bicyclic) bond motifs is 1. The van der Waals surface area contributed by atoms with E-state index in [-0.39, 0.29) is 5.69 Å². The Kier molecular flexibility index (Phi) is 7.13. The molecule has 0 amide bonds. The lowest BCUT2D eigenvalue weighted by atomic mass is 9.77. The fourth-order valence-electron chi connectivity index (χ4n) is 4.40. The number of ether oxygens (including phenoxy) is 1. The molecule has 1 N–H and O–H groups in total. The maximum atomic E-state index is 13.3. The molecule has 0 saturated carbocycles. The van der Waals surface area contributed by atoms with Crippen molar-refractivity contribution in [2.45, 2.75) is 78.2 Å². The van der Waals surface area contributed by atoms with E-state index < -0.39 is 35.9 Å². The number of esters is 1. The van der Waals surface area contributed by atoms with Gasteiger partial charge in [-0.25, -0.2) is 14.6 Å². The van der Waals surface area contributed by atoms with E-state index in [1.165, 1.54) is 0 Å². The van der Waals surface area contributed by atoms with Crippen molar-refractivity contribution in [1.29, 1.82) is 0 Å². The SMILES string of the molecule is CNOC(=O)c1cccc2c1CN(c1ccc(B3OC(C)(C)C(C)(C)O3)c(C(=O)OC(C)(C)C)n1)CC2. The van der Waals surface area contributed by atoms with Gasteiger partial charge in [0.15, 0.2) is 5.69 Å². The largest absolute Gasteiger partial charge is 0.497 e. The first-order valence-corrected chi connectivity index (χ1v) is 12.6. The van der Waals surface area contributed by atoms with E-state index in [1.54, 1.807) is 13.1 Å². The molecule has 2 aromatic rings. The van der Waals surface area contributed by atoms with Gasteiger partial charge in [0.25, 0.3) is 0 Å². The average molecular weight is 509 g/mol. The van der Waals surface area contributed by atoms with Crippen molar-refractivity contribution >= 4 is 30.3 Å². The van der Waals surface area contributed by atoms with Crippen molar-refractivity contribution in [3.63, 3.8) is 0 Å².